The number of rotatable bonds is 2. The van der Waals surface area contributed by atoms with Crippen molar-refractivity contribution < 1.29 is 9.53 Å². The maximum atomic E-state index is 12.9. The van der Waals surface area contributed by atoms with E-state index in [4.69, 9.17) is 9.72 Å². The molecule has 0 saturated carbocycles. The molecule has 0 amide bonds. The van der Waals surface area contributed by atoms with Gasteiger partial charge in [-0.25, -0.2) is 9.97 Å². The highest BCUT2D eigenvalue weighted by Crippen LogP contribution is 2.41. The van der Waals surface area contributed by atoms with Crippen molar-refractivity contribution in [3.05, 3.63) is 71.0 Å². The number of nitrogens with zero attached hydrogens (tertiary/aromatic N) is 3. The maximum absolute atomic E-state index is 12.9. The molecule has 3 aromatic rings. The van der Waals surface area contributed by atoms with Crippen LogP contribution in [0.5, 0.6) is 5.75 Å². The van der Waals surface area contributed by atoms with E-state index in [2.05, 4.69) is 35.0 Å². The number of benzene rings is 2. The zero-order chi connectivity index (χ0) is 21.6. The second-order valence-electron chi connectivity index (χ2n) is 8.83. The molecule has 31 heavy (non-hydrogen) atoms. The molecule has 2 aliphatic heterocycles. The van der Waals surface area contributed by atoms with Crippen LogP contribution in [0.3, 0.4) is 0 Å². The largest absolute Gasteiger partial charge is 0.486 e. The van der Waals surface area contributed by atoms with Crippen LogP contribution in [0, 0.1) is 20.8 Å². The number of ether oxygens (including phenoxy) is 1. The molecule has 2 aromatic carbocycles. The number of fused-ring (bicyclic) bond motifs is 1. The Labute approximate surface area is 183 Å². The summed E-state index contributed by atoms with van der Waals surface area (Å²) in [4.78, 5) is 24.5. The van der Waals surface area contributed by atoms with E-state index < -0.39 is 5.60 Å². The highest BCUT2D eigenvalue weighted by Gasteiger charge is 2.43. The Morgan fingerprint density at radius 3 is 2.39 bits per heavy atom. The van der Waals surface area contributed by atoms with Crippen LogP contribution in [0.25, 0.3) is 11.3 Å². The lowest BCUT2D eigenvalue weighted by atomic mass is 9.82. The first kappa shape index (κ1) is 19.7. The van der Waals surface area contributed by atoms with Gasteiger partial charge in [-0.15, -0.1) is 0 Å². The van der Waals surface area contributed by atoms with Crippen molar-refractivity contribution >= 4 is 11.6 Å². The van der Waals surface area contributed by atoms with Gasteiger partial charge in [0.25, 0.3) is 0 Å². The highest BCUT2D eigenvalue weighted by atomic mass is 16.5. The molecule has 1 spiro atoms. The van der Waals surface area contributed by atoms with Crippen molar-refractivity contribution in [3.63, 3.8) is 0 Å². The molecule has 1 fully saturated rings. The fourth-order valence-corrected chi connectivity index (χ4v) is 4.64. The highest BCUT2D eigenvalue weighted by molar-refractivity contribution is 6.00. The standard InChI is InChI=1S/C26H27N3O2/c1-17-13-21-23(30)16-26(31-24(21)14-18(17)2)9-11-29(12-10-26)25-15-22(27-19(3)28-25)20-7-5-4-6-8-20/h4-8,13-15H,9-12,16H2,1-3H3. The third kappa shape index (κ3) is 3.69. The van der Waals surface area contributed by atoms with Gasteiger partial charge in [0.1, 0.15) is 23.0 Å². The zero-order valence-electron chi connectivity index (χ0n) is 18.3. The van der Waals surface area contributed by atoms with Gasteiger partial charge in [0.2, 0.25) is 0 Å². The first-order valence-electron chi connectivity index (χ1n) is 10.9. The van der Waals surface area contributed by atoms with E-state index in [1.54, 1.807) is 0 Å². The van der Waals surface area contributed by atoms with E-state index in [-0.39, 0.29) is 5.78 Å². The van der Waals surface area contributed by atoms with Gasteiger partial charge in [-0.3, -0.25) is 4.79 Å². The van der Waals surface area contributed by atoms with E-state index in [9.17, 15) is 4.79 Å². The van der Waals surface area contributed by atoms with Crippen LogP contribution >= 0.6 is 0 Å². The number of hydrogen-bond donors (Lipinski definition) is 0. The Kier molecular flexibility index (Phi) is 4.77. The summed E-state index contributed by atoms with van der Waals surface area (Å²) in [6, 6.07) is 16.3. The number of ketones is 1. The van der Waals surface area contributed by atoms with E-state index in [1.165, 1.54) is 0 Å². The number of carbonyl (C=O) groups is 1. The van der Waals surface area contributed by atoms with E-state index >= 15 is 0 Å². The SMILES string of the molecule is Cc1nc(-c2ccccc2)cc(N2CCC3(CC2)CC(=O)c2cc(C)c(C)cc2O3)n1. The van der Waals surface area contributed by atoms with Crippen LogP contribution in [0.15, 0.2) is 48.5 Å². The third-order valence-electron chi connectivity index (χ3n) is 6.60. The minimum atomic E-state index is -0.410. The number of hydrogen-bond acceptors (Lipinski definition) is 5. The average Bonchev–Trinajstić information content (AvgIpc) is 2.76. The fourth-order valence-electron chi connectivity index (χ4n) is 4.64. The summed E-state index contributed by atoms with van der Waals surface area (Å²) >= 11 is 0. The average molecular weight is 414 g/mol. The molecule has 1 aromatic heterocycles. The van der Waals surface area contributed by atoms with E-state index in [0.29, 0.717) is 6.42 Å². The monoisotopic (exact) mass is 413 g/mol. The summed E-state index contributed by atoms with van der Waals surface area (Å²) in [6.07, 6.45) is 2.05. The van der Waals surface area contributed by atoms with Gasteiger partial charge in [-0.2, -0.15) is 0 Å². The van der Waals surface area contributed by atoms with Crippen molar-refractivity contribution in [1.82, 2.24) is 9.97 Å². The van der Waals surface area contributed by atoms with Gasteiger partial charge in [0.15, 0.2) is 5.78 Å². The Hall–Kier alpha value is -3.21. The summed E-state index contributed by atoms with van der Waals surface area (Å²) in [6.45, 7) is 7.65. The molecule has 3 heterocycles. The third-order valence-corrected chi connectivity index (χ3v) is 6.60. The quantitative estimate of drug-likeness (QED) is 0.587. The van der Waals surface area contributed by atoms with Gasteiger partial charge >= 0.3 is 0 Å². The van der Waals surface area contributed by atoms with Crippen LogP contribution in [-0.2, 0) is 0 Å². The molecule has 158 valence electrons. The molecule has 2 aliphatic rings. The van der Waals surface area contributed by atoms with Gasteiger partial charge in [-0.05, 0) is 44.0 Å². The molecule has 0 unspecified atom stereocenters. The molecule has 5 heteroatoms. The van der Waals surface area contributed by atoms with E-state index in [0.717, 1.165) is 71.3 Å². The first-order valence-corrected chi connectivity index (χ1v) is 10.9. The predicted molar refractivity (Wildman–Crippen MR) is 122 cm³/mol. The maximum Gasteiger partial charge on any atom is 0.170 e. The number of Topliss-reactive ketones (excluding diaryl/α,β-unsaturated/α-hetero) is 1. The van der Waals surface area contributed by atoms with E-state index in [1.807, 2.05) is 44.2 Å². The normalized spacial score (nSPS) is 17.4. The van der Waals surface area contributed by atoms with Crippen LogP contribution in [0.4, 0.5) is 5.82 Å². The van der Waals surface area contributed by atoms with Crippen molar-refractivity contribution in [3.8, 4) is 17.0 Å². The number of aromatic nitrogens is 2. The van der Waals surface area contributed by atoms with Gasteiger partial charge in [0.05, 0.1) is 17.7 Å². The van der Waals surface area contributed by atoms with Gasteiger partial charge in [0, 0.05) is 37.6 Å². The number of aryl methyl sites for hydroxylation is 3. The Morgan fingerprint density at radius 2 is 1.65 bits per heavy atom. The Morgan fingerprint density at radius 1 is 0.935 bits per heavy atom. The molecule has 0 bridgehead atoms. The molecule has 5 rings (SSSR count). The lowest BCUT2D eigenvalue weighted by Gasteiger charge is -2.44. The van der Waals surface area contributed by atoms with Gasteiger partial charge < -0.3 is 9.64 Å². The molecule has 0 atom stereocenters. The Bertz CT molecular complexity index is 1150. The van der Waals surface area contributed by atoms with Crippen molar-refractivity contribution in [2.75, 3.05) is 18.0 Å². The summed E-state index contributed by atoms with van der Waals surface area (Å²) < 4.78 is 6.49. The minimum absolute atomic E-state index is 0.196. The van der Waals surface area contributed by atoms with Crippen molar-refractivity contribution in [2.45, 2.75) is 45.6 Å². The van der Waals surface area contributed by atoms with Crippen molar-refractivity contribution in [2.24, 2.45) is 0 Å². The summed E-state index contributed by atoms with van der Waals surface area (Å²) in [7, 11) is 0. The molecule has 0 radical (unpaired) electrons. The van der Waals surface area contributed by atoms with Crippen LogP contribution in [0.1, 0.15) is 46.6 Å². The number of anilines is 1. The molecule has 0 aliphatic carbocycles. The molecule has 0 N–H and O–H groups in total. The zero-order valence-corrected chi connectivity index (χ0v) is 18.3. The molecule has 5 nitrogen and oxygen atoms in total. The summed E-state index contributed by atoms with van der Waals surface area (Å²) in [5.74, 6) is 2.65. The second kappa shape index (κ2) is 7.49. The molecular weight excluding hydrogens is 386 g/mol. The fraction of sp³-hybridized carbons (Fsp3) is 0.346. The smallest absolute Gasteiger partial charge is 0.170 e. The van der Waals surface area contributed by atoms with Gasteiger partial charge in [-0.1, -0.05) is 30.3 Å². The van der Waals surface area contributed by atoms with Crippen LogP contribution in [0.2, 0.25) is 0 Å². The topological polar surface area (TPSA) is 55.3 Å². The Balaban J connectivity index is 1.37. The van der Waals surface area contributed by atoms with Crippen LogP contribution < -0.4 is 9.64 Å². The predicted octanol–water partition coefficient (Wildman–Crippen LogP) is 5.07. The molecule has 1 saturated heterocycles. The summed E-state index contributed by atoms with van der Waals surface area (Å²) in [5.41, 5.74) is 4.64. The minimum Gasteiger partial charge on any atom is -0.486 e. The number of carbonyl (C=O) groups excluding carboxylic acids is 1. The van der Waals surface area contributed by atoms with Crippen molar-refractivity contribution in [1.29, 1.82) is 0 Å². The number of piperidine rings is 1. The summed E-state index contributed by atoms with van der Waals surface area (Å²) in [5, 5.41) is 0. The lowest BCUT2D eigenvalue weighted by Crippen LogP contribution is -2.51. The molecular formula is C26H27N3O2. The van der Waals surface area contributed by atoms with Crippen LogP contribution in [-0.4, -0.2) is 34.4 Å². The first-order chi connectivity index (χ1) is 14.9. The second-order valence-corrected chi connectivity index (χ2v) is 8.83. The lowest BCUT2D eigenvalue weighted by molar-refractivity contribution is 0.0230.